The predicted molar refractivity (Wildman–Crippen MR) is 138 cm³/mol. The summed E-state index contributed by atoms with van der Waals surface area (Å²) in [7, 11) is 0. The summed E-state index contributed by atoms with van der Waals surface area (Å²) >= 11 is 9.99. The lowest BCUT2D eigenvalue weighted by Gasteiger charge is -2.37. The van der Waals surface area contributed by atoms with Gasteiger partial charge in [-0.1, -0.05) is 42.6 Å². The molecule has 8 nitrogen and oxygen atoms in total. The number of rotatable bonds is 6. The van der Waals surface area contributed by atoms with E-state index in [4.69, 9.17) is 16.6 Å². The van der Waals surface area contributed by atoms with E-state index in [1.165, 1.54) is 0 Å². The number of halogens is 2. The Bertz CT molecular complexity index is 1200. The third-order valence-electron chi connectivity index (χ3n) is 7.23. The van der Waals surface area contributed by atoms with Gasteiger partial charge in [-0.3, -0.25) is 10.1 Å². The predicted octanol–water partition coefficient (Wildman–Crippen LogP) is 5.51. The fourth-order valence-electron chi connectivity index (χ4n) is 5.22. The van der Waals surface area contributed by atoms with Crippen molar-refractivity contribution in [2.45, 2.75) is 44.6 Å². The summed E-state index contributed by atoms with van der Waals surface area (Å²) in [6, 6.07) is 9.65. The molecule has 3 heterocycles. The molecular formula is C25H29BrClN5O3. The highest BCUT2D eigenvalue weighted by molar-refractivity contribution is 9.10. The number of hydrogen-bond donors (Lipinski definition) is 2. The fraction of sp³-hybridized carbons (Fsp3) is 0.480. The minimum atomic E-state index is -0.370. The lowest BCUT2D eigenvalue weighted by Crippen LogP contribution is -2.46. The molecule has 1 amide bonds. The van der Waals surface area contributed by atoms with Crippen molar-refractivity contribution >= 4 is 44.9 Å². The molecule has 1 saturated carbocycles. The van der Waals surface area contributed by atoms with Crippen LogP contribution in [0.3, 0.4) is 0 Å². The Hall–Kier alpha value is -2.20. The van der Waals surface area contributed by atoms with Crippen LogP contribution in [0.1, 0.15) is 38.5 Å². The molecule has 1 aromatic carbocycles. The summed E-state index contributed by atoms with van der Waals surface area (Å²) in [5.41, 5.74) is 2.37. The highest BCUT2D eigenvalue weighted by Crippen LogP contribution is 2.32. The number of nitrogens with one attached hydrogen (secondary N) is 1. The van der Waals surface area contributed by atoms with Crippen LogP contribution in [0.15, 0.2) is 41.0 Å². The number of carbonyl (C=O) groups is 1. The Kier molecular flexibility index (Phi) is 7.57. The second-order valence-electron chi connectivity index (χ2n) is 9.42. The van der Waals surface area contributed by atoms with Gasteiger partial charge in [-0.2, -0.15) is 9.61 Å². The Morgan fingerprint density at radius 1 is 1.20 bits per heavy atom. The zero-order valence-corrected chi connectivity index (χ0v) is 21.7. The summed E-state index contributed by atoms with van der Waals surface area (Å²) in [5.74, 6) is 1.17. The number of benzene rings is 1. The number of aromatic nitrogens is 3. The van der Waals surface area contributed by atoms with Crippen LogP contribution in [0.25, 0.3) is 16.9 Å². The molecule has 35 heavy (non-hydrogen) atoms. The quantitative estimate of drug-likeness (QED) is 0.304. The summed E-state index contributed by atoms with van der Waals surface area (Å²) < 4.78 is 2.61. The van der Waals surface area contributed by atoms with E-state index in [9.17, 15) is 10.1 Å². The van der Waals surface area contributed by atoms with Gasteiger partial charge in [-0.05, 0) is 53.6 Å². The molecule has 186 valence electrons. The third kappa shape index (κ3) is 5.18. The monoisotopic (exact) mass is 561 g/mol. The molecule has 2 aliphatic rings. The maximum Gasteiger partial charge on any atom is 0.228 e. The van der Waals surface area contributed by atoms with Gasteiger partial charge in [-0.25, -0.2) is 9.87 Å². The average molecular weight is 563 g/mol. The number of nitrogens with zero attached hydrogens (tertiary/aromatic N) is 4. The van der Waals surface area contributed by atoms with E-state index < -0.39 is 0 Å². The van der Waals surface area contributed by atoms with Crippen LogP contribution in [-0.4, -0.2) is 56.4 Å². The van der Waals surface area contributed by atoms with E-state index in [-0.39, 0.29) is 17.9 Å². The largest absolute Gasteiger partial charge is 0.370 e. The Labute approximate surface area is 217 Å². The first-order chi connectivity index (χ1) is 17.0. The van der Waals surface area contributed by atoms with Gasteiger partial charge in [0.25, 0.3) is 0 Å². The van der Waals surface area contributed by atoms with E-state index >= 15 is 0 Å². The van der Waals surface area contributed by atoms with Gasteiger partial charge in [0.05, 0.1) is 22.3 Å². The molecule has 2 unspecified atom stereocenters. The number of piperidine rings is 1. The molecule has 1 aliphatic heterocycles. The summed E-state index contributed by atoms with van der Waals surface area (Å²) in [6.45, 7) is 2.22. The van der Waals surface area contributed by atoms with Gasteiger partial charge >= 0.3 is 0 Å². The first kappa shape index (κ1) is 24.5. The molecule has 0 spiro atoms. The Balaban J connectivity index is 1.25. The fourth-order valence-corrected chi connectivity index (χ4v) is 5.80. The number of carbonyl (C=O) groups excluding carboxylic acids is 1. The number of likely N-dealkylation sites (tertiary alicyclic amines) is 1. The molecule has 0 radical (unpaired) electrons. The minimum Gasteiger partial charge on any atom is -0.370 e. The number of amides is 1. The molecule has 2 N–H and O–H groups in total. The van der Waals surface area contributed by atoms with Crippen molar-refractivity contribution in [3.63, 3.8) is 0 Å². The smallest absolute Gasteiger partial charge is 0.228 e. The Morgan fingerprint density at radius 3 is 2.74 bits per heavy atom. The van der Waals surface area contributed by atoms with E-state index in [0.29, 0.717) is 10.9 Å². The zero-order valence-electron chi connectivity index (χ0n) is 19.4. The molecule has 2 fully saturated rings. The Morgan fingerprint density at radius 2 is 1.97 bits per heavy atom. The third-order valence-corrected chi connectivity index (χ3v) is 8.12. The van der Waals surface area contributed by atoms with E-state index in [1.54, 1.807) is 10.7 Å². The SMILES string of the molecule is O=C(C1CCCCC1OO)N1CCC(CNc2cc(-c3ccccc3Cl)nc3c(Br)cnn23)CC1. The van der Waals surface area contributed by atoms with Gasteiger partial charge in [0.15, 0.2) is 5.65 Å². The molecule has 3 aromatic rings. The molecule has 2 aromatic heterocycles. The normalized spacial score (nSPS) is 21.4. The van der Waals surface area contributed by atoms with E-state index in [2.05, 4.69) is 31.2 Å². The van der Waals surface area contributed by atoms with Crippen molar-refractivity contribution in [1.29, 1.82) is 0 Å². The van der Waals surface area contributed by atoms with Gasteiger partial charge in [0.2, 0.25) is 5.91 Å². The summed E-state index contributed by atoms with van der Waals surface area (Å²) in [5, 5.41) is 17.9. The molecule has 5 rings (SSSR count). The van der Waals surface area contributed by atoms with E-state index in [0.717, 1.165) is 85.4 Å². The number of anilines is 1. The number of fused-ring (bicyclic) bond motifs is 1. The van der Waals surface area contributed by atoms with Crippen molar-refractivity contribution < 1.29 is 14.9 Å². The van der Waals surface area contributed by atoms with Crippen LogP contribution < -0.4 is 5.32 Å². The van der Waals surface area contributed by atoms with Crippen LogP contribution in [0.2, 0.25) is 5.02 Å². The van der Waals surface area contributed by atoms with Crippen molar-refractivity contribution in [1.82, 2.24) is 19.5 Å². The maximum atomic E-state index is 13.0. The van der Waals surface area contributed by atoms with Gasteiger partial charge < -0.3 is 10.2 Å². The minimum absolute atomic E-state index is 0.122. The van der Waals surface area contributed by atoms with Crippen LogP contribution >= 0.6 is 27.5 Å². The molecule has 1 saturated heterocycles. The molecule has 2 atom stereocenters. The van der Waals surface area contributed by atoms with Crippen LogP contribution in [0.5, 0.6) is 0 Å². The van der Waals surface area contributed by atoms with Crippen molar-refractivity contribution in [3.8, 4) is 11.3 Å². The summed E-state index contributed by atoms with van der Waals surface area (Å²) in [4.78, 5) is 24.4. The zero-order chi connectivity index (χ0) is 24.4. The second-order valence-corrected chi connectivity index (χ2v) is 10.7. The van der Waals surface area contributed by atoms with Gasteiger partial charge in [-0.15, -0.1) is 0 Å². The van der Waals surface area contributed by atoms with Crippen LogP contribution in [0.4, 0.5) is 5.82 Å². The molecular weight excluding hydrogens is 534 g/mol. The molecule has 1 aliphatic carbocycles. The lowest BCUT2D eigenvalue weighted by atomic mass is 9.84. The lowest BCUT2D eigenvalue weighted by molar-refractivity contribution is -0.293. The van der Waals surface area contributed by atoms with Crippen LogP contribution in [-0.2, 0) is 9.68 Å². The molecule has 0 bridgehead atoms. The van der Waals surface area contributed by atoms with Gasteiger partial charge in [0.1, 0.15) is 11.9 Å². The first-order valence-electron chi connectivity index (χ1n) is 12.2. The van der Waals surface area contributed by atoms with Gasteiger partial charge in [0, 0.05) is 36.3 Å². The van der Waals surface area contributed by atoms with E-state index in [1.807, 2.05) is 35.2 Å². The van der Waals surface area contributed by atoms with Crippen molar-refractivity contribution in [2.75, 3.05) is 25.0 Å². The van der Waals surface area contributed by atoms with Crippen molar-refractivity contribution in [3.05, 3.63) is 46.0 Å². The number of hydrogen-bond acceptors (Lipinski definition) is 6. The molecule has 10 heteroatoms. The highest BCUT2D eigenvalue weighted by atomic mass is 79.9. The van der Waals surface area contributed by atoms with Crippen LogP contribution in [0, 0.1) is 11.8 Å². The maximum absolute atomic E-state index is 13.0. The summed E-state index contributed by atoms with van der Waals surface area (Å²) in [6.07, 6.45) is 6.75. The highest BCUT2D eigenvalue weighted by Gasteiger charge is 2.36. The topological polar surface area (TPSA) is 92.0 Å². The first-order valence-corrected chi connectivity index (χ1v) is 13.3. The standard InChI is InChI=1S/C25H29BrClN5O3/c26-19-15-29-32-23(13-21(30-24(19)32)17-5-1-3-7-20(17)27)28-14-16-9-11-31(12-10-16)25(33)18-6-2-4-8-22(18)35-34/h1,3,5,7,13,15-16,18,22,28,34H,2,4,6,8-12,14H2. The average Bonchev–Trinajstić information content (AvgIpc) is 3.28. The second kappa shape index (κ2) is 10.8. The van der Waals surface area contributed by atoms with Crippen molar-refractivity contribution in [2.24, 2.45) is 11.8 Å².